The molecule has 0 saturated heterocycles. The summed E-state index contributed by atoms with van der Waals surface area (Å²) >= 11 is 5.82. The lowest BCUT2D eigenvalue weighted by Gasteiger charge is -2.30. The molecule has 0 spiro atoms. The molecule has 0 atom stereocenters. The van der Waals surface area contributed by atoms with Gasteiger partial charge in [-0.15, -0.1) is 0 Å². The van der Waals surface area contributed by atoms with E-state index in [9.17, 15) is 18.0 Å². The highest BCUT2D eigenvalue weighted by molar-refractivity contribution is 7.92. The van der Waals surface area contributed by atoms with Gasteiger partial charge in [-0.2, -0.15) is 0 Å². The number of hydrogen-bond acceptors (Lipinski definition) is 5. The van der Waals surface area contributed by atoms with Crippen molar-refractivity contribution in [2.24, 2.45) is 0 Å². The number of nitrogens with one attached hydrogen (secondary N) is 3. The first-order chi connectivity index (χ1) is 16.3. The summed E-state index contributed by atoms with van der Waals surface area (Å²) in [5, 5.41) is 0.492. The molecule has 3 N–H and O–H groups in total. The Bertz CT molecular complexity index is 1300. The number of hydrogen-bond donors (Lipinski definition) is 3. The molecule has 3 aromatic rings. The van der Waals surface area contributed by atoms with Crippen LogP contribution in [0.3, 0.4) is 0 Å². The molecule has 1 aliphatic heterocycles. The molecular formula is C24H23ClN4O4S. The van der Waals surface area contributed by atoms with Crippen molar-refractivity contribution in [2.45, 2.75) is 17.7 Å². The number of sulfonamides is 1. The van der Waals surface area contributed by atoms with Crippen molar-refractivity contribution in [3.8, 4) is 0 Å². The number of aryl methyl sites for hydroxylation is 1. The second kappa shape index (κ2) is 10.1. The second-order valence-electron chi connectivity index (χ2n) is 7.79. The summed E-state index contributed by atoms with van der Waals surface area (Å²) in [6.07, 6.45) is 1.94. The standard InChI is InChI=1S/C24H23ClN4O4S/c25-19-9-11-20(12-10-19)28-34(32,33)21-13-7-18(8-14-21)24(31)27-26-23(30)16-29-15-3-5-17-4-1-2-6-22(17)29/h1-2,4,6-14,28H,3,5,15-16H2,(H,26,30)(H,27,31). The molecule has 0 aromatic heterocycles. The number of amides is 2. The Kier molecular flexibility index (Phi) is 7.04. The Morgan fingerprint density at radius 3 is 2.35 bits per heavy atom. The first-order valence-corrected chi connectivity index (χ1v) is 12.5. The van der Waals surface area contributed by atoms with Gasteiger partial charge in [0.1, 0.15) is 0 Å². The Labute approximate surface area is 202 Å². The van der Waals surface area contributed by atoms with Gasteiger partial charge in [0, 0.05) is 28.5 Å². The van der Waals surface area contributed by atoms with Crippen molar-refractivity contribution in [2.75, 3.05) is 22.7 Å². The van der Waals surface area contributed by atoms with Crippen LogP contribution in [0, 0.1) is 0 Å². The number of para-hydroxylation sites is 1. The van der Waals surface area contributed by atoms with Gasteiger partial charge in [0.25, 0.3) is 21.8 Å². The third kappa shape index (κ3) is 5.67. The van der Waals surface area contributed by atoms with Crippen LogP contribution in [0.15, 0.2) is 77.7 Å². The number of hydrazine groups is 1. The third-order valence-electron chi connectivity index (χ3n) is 5.38. The zero-order valence-corrected chi connectivity index (χ0v) is 19.7. The molecule has 4 rings (SSSR count). The normalized spacial score (nSPS) is 13.0. The van der Waals surface area contributed by atoms with E-state index in [-0.39, 0.29) is 22.9 Å². The summed E-state index contributed by atoms with van der Waals surface area (Å²) < 4.78 is 27.6. The molecule has 0 bridgehead atoms. The summed E-state index contributed by atoms with van der Waals surface area (Å²) in [6, 6.07) is 19.6. The van der Waals surface area contributed by atoms with E-state index in [0.29, 0.717) is 10.7 Å². The van der Waals surface area contributed by atoms with Crippen molar-refractivity contribution in [1.82, 2.24) is 10.9 Å². The summed E-state index contributed by atoms with van der Waals surface area (Å²) in [6.45, 7) is 0.878. The monoisotopic (exact) mass is 498 g/mol. The summed E-state index contributed by atoms with van der Waals surface area (Å²) in [7, 11) is -3.84. The highest BCUT2D eigenvalue weighted by Crippen LogP contribution is 2.26. The predicted molar refractivity (Wildman–Crippen MR) is 131 cm³/mol. The first-order valence-electron chi connectivity index (χ1n) is 10.6. The molecule has 2 amide bonds. The van der Waals surface area contributed by atoms with Gasteiger partial charge in [0.15, 0.2) is 0 Å². The van der Waals surface area contributed by atoms with Gasteiger partial charge in [0.2, 0.25) is 0 Å². The van der Waals surface area contributed by atoms with Gasteiger partial charge in [-0.05, 0) is 73.0 Å². The number of carbonyl (C=O) groups is 2. The zero-order chi connectivity index (χ0) is 24.1. The maximum absolute atomic E-state index is 12.6. The second-order valence-corrected chi connectivity index (χ2v) is 9.91. The van der Waals surface area contributed by atoms with E-state index in [0.717, 1.165) is 25.1 Å². The van der Waals surface area contributed by atoms with Crippen LogP contribution >= 0.6 is 11.6 Å². The predicted octanol–water partition coefficient (Wildman–Crippen LogP) is 3.35. The molecule has 1 heterocycles. The van der Waals surface area contributed by atoms with Crippen molar-refractivity contribution < 1.29 is 18.0 Å². The van der Waals surface area contributed by atoms with E-state index in [1.807, 2.05) is 23.1 Å². The molecule has 10 heteroatoms. The van der Waals surface area contributed by atoms with Crippen LogP contribution in [-0.2, 0) is 21.2 Å². The van der Waals surface area contributed by atoms with Crippen LogP contribution in [0.4, 0.5) is 11.4 Å². The molecule has 0 fully saturated rings. The number of rotatable bonds is 6. The SMILES string of the molecule is O=C(CN1CCCc2ccccc21)NNC(=O)c1ccc(S(=O)(=O)Nc2ccc(Cl)cc2)cc1. The molecule has 34 heavy (non-hydrogen) atoms. The Morgan fingerprint density at radius 1 is 0.912 bits per heavy atom. The van der Waals surface area contributed by atoms with Crippen molar-refractivity contribution in [3.05, 3.63) is 88.9 Å². The lowest BCUT2D eigenvalue weighted by Crippen LogP contribution is -2.47. The Balaban J connectivity index is 1.32. The molecule has 0 radical (unpaired) electrons. The van der Waals surface area contributed by atoms with E-state index >= 15 is 0 Å². The highest BCUT2D eigenvalue weighted by Gasteiger charge is 2.19. The van der Waals surface area contributed by atoms with Gasteiger partial charge >= 0.3 is 0 Å². The van der Waals surface area contributed by atoms with Crippen LogP contribution in [0.1, 0.15) is 22.3 Å². The van der Waals surface area contributed by atoms with E-state index < -0.39 is 15.9 Å². The topological polar surface area (TPSA) is 108 Å². The number of anilines is 2. The van der Waals surface area contributed by atoms with E-state index in [4.69, 9.17) is 11.6 Å². The fourth-order valence-corrected chi connectivity index (χ4v) is 4.89. The summed E-state index contributed by atoms with van der Waals surface area (Å²) in [5.41, 5.74) is 7.59. The number of halogens is 1. The Hall–Kier alpha value is -3.56. The van der Waals surface area contributed by atoms with Gasteiger partial charge in [-0.3, -0.25) is 25.2 Å². The minimum Gasteiger partial charge on any atom is -0.362 e. The van der Waals surface area contributed by atoms with Crippen LogP contribution in [0.25, 0.3) is 0 Å². The van der Waals surface area contributed by atoms with Crippen molar-refractivity contribution >= 4 is 44.8 Å². The largest absolute Gasteiger partial charge is 0.362 e. The average molecular weight is 499 g/mol. The summed E-state index contributed by atoms with van der Waals surface area (Å²) in [4.78, 5) is 26.8. The van der Waals surface area contributed by atoms with Gasteiger partial charge in [-0.1, -0.05) is 29.8 Å². The third-order valence-corrected chi connectivity index (χ3v) is 7.03. The van der Waals surface area contributed by atoms with Crippen LogP contribution in [-0.4, -0.2) is 33.3 Å². The maximum Gasteiger partial charge on any atom is 0.269 e. The molecule has 1 aliphatic rings. The molecular weight excluding hydrogens is 476 g/mol. The quantitative estimate of drug-likeness (QED) is 0.452. The molecule has 3 aromatic carbocycles. The number of fused-ring (bicyclic) bond motifs is 1. The fraction of sp³-hybridized carbons (Fsp3) is 0.167. The fourth-order valence-electron chi connectivity index (χ4n) is 3.70. The van der Waals surface area contributed by atoms with E-state index in [1.165, 1.54) is 29.8 Å². The average Bonchev–Trinajstić information content (AvgIpc) is 2.84. The number of carbonyl (C=O) groups excluding carboxylic acids is 2. The maximum atomic E-state index is 12.6. The Morgan fingerprint density at radius 2 is 1.62 bits per heavy atom. The van der Waals surface area contributed by atoms with Gasteiger partial charge in [0.05, 0.1) is 11.4 Å². The minimum absolute atomic E-state index is 0.00759. The minimum atomic E-state index is -3.84. The van der Waals surface area contributed by atoms with Crippen LogP contribution < -0.4 is 20.5 Å². The number of nitrogens with zero attached hydrogens (tertiary/aromatic N) is 1. The van der Waals surface area contributed by atoms with E-state index in [2.05, 4.69) is 21.6 Å². The lowest BCUT2D eigenvalue weighted by atomic mass is 10.0. The number of benzene rings is 3. The molecule has 0 aliphatic carbocycles. The molecule has 0 unspecified atom stereocenters. The van der Waals surface area contributed by atoms with E-state index in [1.54, 1.807) is 24.3 Å². The summed E-state index contributed by atoms with van der Waals surface area (Å²) in [5.74, 6) is -0.904. The molecule has 8 nitrogen and oxygen atoms in total. The van der Waals surface area contributed by atoms with Crippen LogP contribution in [0.5, 0.6) is 0 Å². The zero-order valence-electron chi connectivity index (χ0n) is 18.1. The molecule has 0 saturated carbocycles. The smallest absolute Gasteiger partial charge is 0.269 e. The first kappa shape index (κ1) is 23.6. The lowest BCUT2D eigenvalue weighted by molar-refractivity contribution is -0.120. The van der Waals surface area contributed by atoms with Crippen LogP contribution in [0.2, 0.25) is 5.02 Å². The van der Waals surface area contributed by atoms with Gasteiger partial charge < -0.3 is 4.90 Å². The van der Waals surface area contributed by atoms with Gasteiger partial charge in [-0.25, -0.2) is 8.42 Å². The van der Waals surface area contributed by atoms with Crippen molar-refractivity contribution in [1.29, 1.82) is 0 Å². The highest BCUT2D eigenvalue weighted by atomic mass is 35.5. The van der Waals surface area contributed by atoms with Crippen molar-refractivity contribution in [3.63, 3.8) is 0 Å². The molecule has 176 valence electrons.